The summed E-state index contributed by atoms with van der Waals surface area (Å²) >= 11 is 5.82. The minimum atomic E-state index is -1.29. The molecule has 22 heavy (non-hydrogen) atoms. The van der Waals surface area contributed by atoms with Gasteiger partial charge < -0.3 is 5.73 Å². The second-order valence-electron chi connectivity index (χ2n) is 4.47. The summed E-state index contributed by atoms with van der Waals surface area (Å²) in [5.41, 5.74) is 4.78. The second kappa shape index (κ2) is 5.03. The van der Waals surface area contributed by atoms with E-state index in [2.05, 4.69) is 4.98 Å². The Morgan fingerprint density at radius 3 is 2.55 bits per heavy atom. The fraction of sp³-hybridized carbons (Fsp3) is 0. The van der Waals surface area contributed by atoms with E-state index in [0.717, 1.165) is 18.2 Å². The van der Waals surface area contributed by atoms with E-state index in [1.165, 1.54) is 16.8 Å². The number of nitrogens with zero attached hydrogens (tertiary/aromatic N) is 2. The van der Waals surface area contributed by atoms with Gasteiger partial charge in [0.2, 0.25) is 0 Å². The highest BCUT2D eigenvalue weighted by molar-refractivity contribution is 6.35. The molecule has 2 N–H and O–H groups in total. The Morgan fingerprint density at radius 2 is 1.86 bits per heavy atom. The van der Waals surface area contributed by atoms with Gasteiger partial charge in [-0.05, 0) is 18.2 Å². The molecule has 3 aromatic rings. The molecule has 3 rings (SSSR count). The van der Waals surface area contributed by atoms with Crippen LogP contribution in [0.2, 0.25) is 5.02 Å². The molecule has 8 heteroatoms. The molecule has 0 bridgehead atoms. The van der Waals surface area contributed by atoms with Crippen LogP contribution in [0.25, 0.3) is 16.7 Å². The molecule has 0 radical (unpaired) electrons. The lowest BCUT2D eigenvalue weighted by Crippen LogP contribution is -2.10. The third-order valence-corrected chi connectivity index (χ3v) is 3.47. The van der Waals surface area contributed by atoms with Gasteiger partial charge in [-0.1, -0.05) is 11.6 Å². The Kier molecular flexibility index (Phi) is 3.29. The lowest BCUT2D eigenvalue weighted by Gasteiger charge is -2.12. The molecule has 0 aliphatic heterocycles. The highest BCUT2D eigenvalue weighted by Gasteiger charge is 2.17. The molecule has 0 saturated heterocycles. The number of fused-ring (bicyclic) bond motifs is 1. The minimum Gasteiger partial charge on any atom is -0.381 e. The highest BCUT2D eigenvalue weighted by atomic mass is 35.5. The Labute approximate surface area is 126 Å². The summed E-state index contributed by atoms with van der Waals surface area (Å²) in [6.07, 6.45) is 1.27. The monoisotopic (exact) mass is 325 g/mol. The summed E-state index contributed by atoms with van der Waals surface area (Å²) in [6.45, 7) is 0. The Bertz CT molecular complexity index is 972. The van der Waals surface area contributed by atoms with Gasteiger partial charge in [0.1, 0.15) is 10.8 Å². The highest BCUT2D eigenvalue weighted by Crippen LogP contribution is 2.28. The molecule has 0 aliphatic rings. The maximum atomic E-state index is 13.7. The molecule has 0 aliphatic carbocycles. The van der Waals surface area contributed by atoms with Crippen LogP contribution in [0.15, 0.2) is 35.3 Å². The third-order valence-electron chi connectivity index (χ3n) is 3.12. The van der Waals surface area contributed by atoms with Crippen molar-refractivity contribution in [3.05, 3.63) is 63.2 Å². The number of aromatic nitrogens is 2. The van der Waals surface area contributed by atoms with E-state index in [1.54, 1.807) is 0 Å². The lowest BCUT2D eigenvalue weighted by molar-refractivity contribution is 0.510. The summed E-state index contributed by atoms with van der Waals surface area (Å²) in [5.74, 6) is -3.51. The third kappa shape index (κ3) is 2.10. The molecule has 2 aromatic heterocycles. The van der Waals surface area contributed by atoms with E-state index in [1.807, 2.05) is 0 Å². The molecule has 2 heterocycles. The van der Waals surface area contributed by atoms with Crippen LogP contribution in [0.5, 0.6) is 0 Å². The topological polar surface area (TPSA) is 60.9 Å². The maximum Gasteiger partial charge on any atom is 0.189 e. The van der Waals surface area contributed by atoms with Gasteiger partial charge in [-0.15, -0.1) is 0 Å². The van der Waals surface area contributed by atoms with E-state index >= 15 is 0 Å². The molecular formula is C14H7ClF3N3O. The van der Waals surface area contributed by atoms with E-state index in [-0.39, 0.29) is 22.5 Å². The Hall–Kier alpha value is -2.54. The van der Waals surface area contributed by atoms with Crippen LogP contribution in [0.3, 0.4) is 0 Å². The zero-order chi connectivity index (χ0) is 16.0. The van der Waals surface area contributed by atoms with Gasteiger partial charge in [-0.25, -0.2) is 18.2 Å². The average molecular weight is 326 g/mol. The van der Waals surface area contributed by atoms with Crippen molar-refractivity contribution in [2.45, 2.75) is 0 Å². The number of halogens is 4. The molecule has 0 atom stereocenters. The molecule has 0 unspecified atom stereocenters. The average Bonchev–Trinajstić information content (AvgIpc) is 2.49. The smallest absolute Gasteiger partial charge is 0.189 e. The van der Waals surface area contributed by atoms with Crippen LogP contribution in [0, 0.1) is 17.5 Å². The van der Waals surface area contributed by atoms with E-state index < -0.39 is 27.9 Å². The number of nitrogen functional groups attached to an aromatic ring is 1. The summed E-state index contributed by atoms with van der Waals surface area (Å²) in [7, 11) is 0. The van der Waals surface area contributed by atoms with Crippen molar-refractivity contribution in [3.8, 4) is 5.82 Å². The van der Waals surface area contributed by atoms with Crippen molar-refractivity contribution in [2.75, 3.05) is 5.73 Å². The molecule has 0 amide bonds. The Morgan fingerprint density at radius 1 is 1.14 bits per heavy atom. The number of rotatable bonds is 1. The first-order valence-electron chi connectivity index (χ1n) is 6.01. The summed E-state index contributed by atoms with van der Waals surface area (Å²) in [4.78, 5) is 15.6. The molecule has 112 valence electrons. The van der Waals surface area contributed by atoms with Crippen LogP contribution in [0.4, 0.5) is 19.0 Å². The SMILES string of the molecule is Nc1nc(-n2ccc(=O)c3cc(F)c(F)c(Cl)c32)ccc1F. The largest absolute Gasteiger partial charge is 0.381 e. The van der Waals surface area contributed by atoms with Crippen LogP contribution >= 0.6 is 11.6 Å². The van der Waals surface area contributed by atoms with Gasteiger partial charge in [0.25, 0.3) is 0 Å². The molecule has 0 spiro atoms. The summed E-state index contributed by atoms with van der Waals surface area (Å²) < 4.78 is 41.6. The lowest BCUT2D eigenvalue weighted by atomic mass is 10.2. The van der Waals surface area contributed by atoms with Gasteiger partial charge in [-0.2, -0.15) is 0 Å². The van der Waals surface area contributed by atoms with Gasteiger partial charge in [-0.3, -0.25) is 9.36 Å². The second-order valence-corrected chi connectivity index (χ2v) is 4.85. The number of pyridine rings is 2. The predicted molar refractivity (Wildman–Crippen MR) is 76.6 cm³/mol. The number of hydrogen-bond donors (Lipinski definition) is 1. The molecule has 0 saturated carbocycles. The van der Waals surface area contributed by atoms with Gasteiger partial charge in [0, 0.05) is 12.3 Å². The van der Waals surface area contributed by atoms with Gasteiger partial charge in [0.15, 0.2) is 28.7 Å². The first-order chi connectivity index (χ1) is 10.4. The summed E-state index contributed by atoms with van der Waals surface area (Å²) in [6, 6.07) is 4.22. The van der Waals surface area contributed by atoms with Crippen LogP contribution in [-0.4, -0.2) is 9.55 Å². The minimum absolute atomic E-state index is 0.0772. The number of anilines is 1. The zero-order valence-electron chi connectivity index (χ0n) is 10.8. The zero-order valence-corrected chi connectivity index (χ0v) is 11.5. The van der Waals surface area contributed by atoms with Gasteiger partial charge in [0.05, 0.1) is 10.9 Å². The van der Waals surface area contributed by atoms with Crippen LogP contribution in [-0.2, 0) is 0 Å². The van der Waals surface area contributed by atoms with Crippen LogP contribution in [0.1, 0.15) is 0 Å². The maximum absolute atomic E-state index is 13.7. The van der Waals surface area contributed by atoms with Crippen molar-refractivity contribution in [3.63, 3.8) is 0 Å². The molecule has 4 nitrogen and oxygen atoms in total. The molecule has 1 aromatic carbocycles. The fourth-order valence-electron chi connectivity index (χ4n) is 2.09. The standard InChI is InChI=1S/C14H7ClF3N3O/c15-11-12(18)8(17)5-6-9(22)3-4-21(13(6)11)10-2-1-7(16)14(19)20-10/h1-5H,(H2,19,20). The predicted octanol–water partition coefficient (Wildman–Crippen LogP) is 3.04. The van der Waals surface area contributed by atoms with E-state index in [0.29, 0.717) is 0 Å². The van der Waals surface area contributed by atoms with Crippen LogP contribution < -0.4 is 11.2 Å². The van der Waals surface area contributed by atoms with Crippen molar-refractivity contribution < 1.29 is 13.2 Å². The molecular weight excluding hydrogens is 319 g/mol. The van der Waals surface area contributed by atoms with E-state index in [9.17, 15) is 18.0 Å². The van der Waals surface area contributed by atoms with Crippen molar-refractivity contribution in [1.82, 2.24) is 9.55 Å². The Balaban J connectivity index is 2.45. The van der Waals surface area contributed by atoms with Crippen molar-refractivity contribution >= 4 is 28.3 Å². The van der Waals surface area contributed by atoms with Crippen molar-refractivity contribution in [2.24, 2.45) is 0 Å². The van der Waals surface area contributed by atoms with Gasteiger partial charge >= 0.3 is 0 Å². The number of hydrogen-bond acceptors (Lipinski definition) is 3. The normalized spacial score (nSPS) is 11.1. The fourth-order valence-corrected chi connectivity index (χ4v) is 2.37. The van der Waals surface area contributed by atoms with Crippen molar-refractivity contribution in [1.29, 1.82) is 0 Å². The quantitative estimate of drug-likeness (QED) is 0.700. The number of benzene rings is 1. The van der Waals surface area contributed by atoms with E-state index in [4.69, 9.17) is 17.3 Å². The first-order valence-corrected chi connectivity index (χ1v) is 6.39. The molecule has 0 fully saturated rings. The summed E-state index contributed by atoms with van der Waals surface area (Å²) in [5, 5.41) is -0.700. The number of nitrogens with two attached hydrogens (primary N) is 1. The first kappa shape index (κ1) is 14.4.